The van der Waals surface area contributed by atoms with Gasteiger partial charge in [0.1, 0.15) is 0 Å². The quantitative estimate of drug-likeness (QED) is 0.838. The molecule has 150 valence electrons. The number of carbonyl (C=O) groups is 1. The molecule has 0 spiro atoms. The number of rotatable bonds is 4. The van der Waals surface area contributed by atoms with Crippen molar-refractivity contribution < 1.29 is 18.0 Å². The summed E-state index contributed by atoms with van der Waals surface area (Å²) in [5, 5.41) is 10.5. The van der Waals surface area contributed by atoms with Crippen molar-refractivity contribution in [1.29, 1.82) is 0 Å². The van der Waals surface area contributed by atoms with E-state index < -0.39 is 11.7 Å². The van der Waals surface area contributed by atoms with Gasteiger partial charge in [0.2, 0.25) is 11.9 Å². The maximum absolute atomic E-state index is 12.9. The molecule has 6 nitrogen and oxygen atoms in total. The highest BCUT2D eigenvalue weighted by atomic mass is 19.4. The summed E-state index contributed by atoms with van der Waals surface area (Å²) in [7, 11) is 1.73. The van der Waals surface area contributed by atoms with E-state index in [-0.39, 0.29) is 23.7 Å². The fourth-order valence-corrected chi connectivity index (χ4v) is 3.77. The molecule has 1 saturated carbocycles. The van der Waals surface area contributed by atoms with Crippen LogP contribution in [-0.2, 0) is 18.0 Å². The molecule has 2 heterocycles. The normalized spacial score (nSPS) is 22.9. The van der Waals surface area contributed by atoms with Gasteiger partial charge in [-0.25, -0.2) is 4.68 Å². The molecule has 2 atom stereocenters. The van der Waals surface area contributed by atoms with E-state index >= 15 is 0 Å². The molecule has 9 heteroatoms. The van der Waals surface area contributed by atoms with Crippen molar-refractivity contribution >= 4 is 11.9 Å². The predicted octanol–water partition coefficient (Wildman–Crippen LogP) is 3.04. The fourth-order valence-electron chi connectivity index (χ4n) is 3.77. The number of benzene rings is 1. The highest BCUT2D eigenvalue weighted by Gasteiger charge is 2.45. The van der Waals surface area contributed by atoms with E-state index in [0.717, 1.165) is 43.9 Å². The van der Waals surface area contributed by atoms with Gasteiger partial charge in [-0.3, -0.25) is 10.1 Å². The van der Waals surface area contributed by atoms with Gasteiger partial charge in [0.05, 0.1) is 5.56 Å². The summed E-state index contributed by atoms with van der Waals surface area (Å²) < 4.78 is 40.2. The van der Waals surface area contributed by atoms with E-state index in [4.69, 9.17) is 0 Å². The Morgan fingerprint density at radius 3 is 2.75 bits per heavy atom. The van der Waals surface area contributed by atoms with Crippen molar-refractivity contribution in [3.8, 4) is 0 Å². The number of aromatic nitrogens is 3. The zero-order valence-electron chi connectivity index (χ0n) is 15.5. The molecule has 2 fully saturated rings. The molecule has 0 radical (unpaired) electrons. The number of hydrogen-bond donors (Lipinski definition) is 2. The minimum atomic E-state index is -4.38. The van der Waals surface area contributed by atoms with Crippen LogP contribution in [0.1, 0.15) is 48.0 Å². The minimum absolute atomic E-state index is 0.195. The highest BCUT2D eigenvalue weighted by Crippen LogP contribution is 2.48. The Balaban J connectivity index is 1.41. The van der Waals surface area contributed by atoms with Gasteiger partial charge in [-0.1, -0.05) is 18.2 Å². The van der Waals surface area contributed by atoms with Crippen LogP contribution in [0.15, 0.2) is 24.3 Å². The molecule has 1 aromatic carbocycles. The Bertz CT molecular complexity index is 873. The van der Waals surface area contributed by atoms with Crippen LogP contribution in [0.2, 0.25) is 0 Å². The van der Waals surface area contributed by atoms with Crippen LogP contribution in [0.25, 0.3) is 0 Å². The summed E-state index contributed by atoms with van der Waals surface area (Å²) >= 11 is 0. The van der Waals surface area contributed by atoms with E-state index in [1.807, 2.05) is 0 Å². The number of aryl methyl sites for hydroxylation is 1. The second-order valence-corrected chi connectivity index (χ2v) is 7.50. The minimum Gasteiger partial charge on any atom is -0.317 e. The molecular formula is C19H22F3N5O. The maximum Gasteiger partial charge on any atom is 0.416 e. The molecule has 1 saturated heterocycles. The number of amides is 1. The molecule has 4 rings (SSSR count). The van der Waals surface area contributed by atoms with Crippen LogP contribution in [-0.4, -0.2) is 33.8 Å². The first-order chi connectivity index (χ1) is 13.3. The molecule has 1 aromatic heterocycles. The van der Waals surface area contributed by atoms with Gasteiger partial charge >= 0.3 is 6.18 Å². The van der Waals surface area contributed by atoms with Gasteiger partial charge in [0.25, 0.3) is 0 Å². The molecule has 2 aliphatic rings. The number of halogens is 3. The third kappa shape index (κ3) is 3.89. The van der Waals surface area contributed by atoms with Crippen molar-refractivity contribution in [3.05, 3.63) is 41.2 Å². The summed E-state index contributed by atoms with van der Waals surface area (Å²) in [6.07, 6.45) is -1.94. The third-order valence-electron chi connectivity index (χ3n) is 5.49. The standard InChI is InChI=1S/C19H22F3N5O/c1-27-18(24-16(26-27)11-5-7-23-8-6-11)25-17(28)15-10-14(15)12-3-2-4-13(9-12)19(20,21)22/h2-4,9,11,14-15,23H,5-8,10H2,1H3,(H,24,25,26,28). The molecule has 1 amide bonds. The molecule has 2 unspecified atom stereocenters. The molecule has 2 N–H and O–H groups in total. The van der Waals surface area contributed by atoms with E-state index in [1.165, 1.54) is 6.07 Å². The van der Waals surface area contributed by atoms with Crippen molar-refractivity contribution in [1.82, 2.24) is 20.1 Å². The highest BCUT2D eigenvalue weighted by molar-refractivity contribution is 5.93. The third-order valence-corrected chi connectivity index (χ3v) is 5.49. The molecule has 2 aromatic rings. The molecule has 1 aliphatic heterocycles. The van der Waals surface area contributed by atoms with Gasteiger partial charge in [-0.2, -0.15) is 23.3 Å². The van der Waals surface area contributed by atoms with Crippen molar-refractivity contribution in [2.75, 3.05) is 18.4 Å². The fraction of sp³-hybridized carbons (Fsp3) is 0.526. The van der Waals surface area contributed by atoms with Crippen LogP contribution in [0.3, 0.4) is 0 Å². The number of nitrogens with zero attached hydrogens (tertiary/aromatic N) is 3. The molecule has 1 aliphatic carbocycles. The van der Waals surface area contributed by atoms with Crippen molar-refractivity contribution in [2.24, 2.45) is 13.0 Å². The number of carbonyl (C=O) groups excluding carboxylic acids is 1. The lowest BCUT2D eigenvalue weighted by Gasteiger charge is -2.19. The zero-order valence-corrected chi connectivity index (χ0v) is 15.5. The summed E-state index contributed by atoms with van der Waals surface area (Å²) in [5.74, 6) is 0.617. The summed E-state index contributed by atoms with van der Waals surface area (Å²) in [6.45, 7) is 1.84. The van der Waals surface area contributed by atoms with Gasteiger partial charge in [0, 0.05) is 18.9 Å². The lowest BCUT2D eigenvalue weighted by molar-refractivity contribution is -0.137. The van der Waals surface area contributed by atoms with Crippen LogP contribution >= 0.6 is 0 Å². The Kier molecular flexibility index (Phi) is 4.86. The second-order valence-electron chi connectivity index (χ2n) is 7.50. The first kappa shape index (κ1) is 18.9. The monoisotopic (exact) mass is 393 g/mol. The average Bonchev–Trinajstić information content (AvgIpc) is 3.40. The largest absolute Gasteiger partial charge is 0.416 e. The van der Waals surface area contributed by atoms with Gasteiger partial charge in [-0.15, -0.1) is 0 Å². The lowest BCUT2D eigenvalue weighted by atomic mass is 9.98. The summed E-state index contributed by atoms with van der Waals surface area (Å²) in [6, 6.07) is 5.21. The van der Waals surface area contributed by atoms with E-state index in [0.29, 0.717) is 17.9 Å². The number of piperidine rings is 1. The van der Waals surface area contributed by atoms with E-state index in [2.05, 4.69) is 20.7 Å². The Morgan fingerprint density at radius 2 is 2.04 bits per heavy atom. The molecule has 0 bridgehead atoms. The molecular weight excluding hydrogens is 371 g/mol. The smallest absolute Gasteiger partial charge is 0.317 e. The maximum atomic E-state index is 12.9. The SMILES string of the molecule is Cn1nc(C2CCNCC2)nc1NC(=O)C1CC1c1cccc(C(F)(F)F)c1. The first-order valence-corrected chi connectivity index (χ1v) is 9.42. The summed E-state index contributed by atoms with van der Waals surface area (Å²) in [5.41, 5.74) is -0.140. The van der Waals surface area contributed by atoms with E-state index in [9.17, 15) is 18.0 Å². The van der Waals surface area contributed by atoms with Crippen LogP contribution in [0.5, 0.6) is 0 Å². The number of alkyl halides is 3. The first-order valence-electron chi connectivity index (χ1n) is 9.42. The molecule has 28 heavy (non-hydrogen) atoms. The topological polar surface area (TPSA) is 71.8 Å². The predicted molar refractivity (Wildman–Crippen MR) is 96.8 cm³/mol. The lowest BCUT2D eigenvalue weighted by Crippen LogP contribution is -2.27. The Labute approximate surface area is 160 Å². The van der Waals surface area contributed by atoms with Crippen molar-refractivity contribution in [2.45, 2.75) is 37.3 Å². The number of hydrogen-bond acceptors (Lipinski definition) is 4. The van der Waals surface area contributed by atoms with E-state index in [1.54, 1.807) is 17.8 Å². The summed E-state index contributed by atoms with van der Waals surface area (Å²) in [4.78, 5) is 17.0. The average molecular weight is 393 g/mol. The van der Waals surface area contributed by atoms with Gasteiger partial charge in [0.15, 0.2) is 5.82 Å². The van der Waals surface area contributed by atoms with Gasteiger partial charge < -0.3 is 5.32 Å². The van der Waals surface area contributed by atoms with Crippen LogP contribution < -0.4 is 10.6 Å². The van der Waals surface area contributed by atoms with Crippen LogP contribution in [0.4, 0.5) is 19.1 Å². The number of nitrogens with one attached hydrogen (secondary N) is 2. The Hall–Kier alpha value is -2.42. The van der Waals surface area contributed by atoms with Crippen molar-refractivity contribution in [3.63, 3.8) is 0 Å². The van der Waals surface area contributed by atoms with Gasteiger partial charge in [-0.05, 0) is 49.9 Å². The second kappa shape index (κ2) is 7.20. The van der Waals surface area contributed by atoms with Crippen LogP contribution in [0, 0.1) is 5.92 Å². The number of anilines is 1. The Morgan fingerprint density at radius 1 is 1.29 bits per heavy atom. The zero-order chi connectivity index (χ0) is 19.9.